The van der Waals surface area contributed by atoms with Gasteiger partial charge in [0.25, 0.3) is 0 Å². The van der Waals surface area contributed by atoms with Crippen molar-refractivity contribution in [2.24, 2.45) is 0 Å². The highest BCUT2D eigenvalue weighted by molar-refractivity contribution is 6.01. The molecule has 0 spiro atoms. The van der Waals surface area contributed by atoms with E-state index in [-0.39, 0.29) is 24.5 Å². The number of rotatable bonds is 6. The van der Waals surface area contributed by atoms with Gasteiger partial charge in [-0.3, -0.25) is 14.4 Å². The molecule has 1 fully saturated rings. The van der Waals surface area contributed by atoms with Crippen molar-refractivity contribution in [3.63, 3.8) is 0 Å². The lowest BCUT2D eigenvalue weighted by Gasteiger charge is -2.17. The monoisotopic (exact) mass is 251 g/mol. The first-order valence-electron chi connectivity index (χ1n) is 5.96. The summed E-state index contributed by atoms with van der Waals surface area (Å²) in [6.45, 7) is 3.89. The molecule has 1 atom stereocenters. The summed E-state index contributed by atoms with van der Waals surface area (Å²) in [6.07, 6.45) is 3.63. The Morgan fingerprint density at radius 2 is 2.39 bits per heavy atom. The number of carbonyl (C=O) groups excluding carboxylic acids is 2. The fourth-order valence-corrected chi connectivity index (χ4v) is 1.86. The minimum Gasteiger partial charge on any atom is -0.329 e. The Labute approximate surface area is 105 Å². The van der Waals surface area contributed by atoms with Gasteiger partial charge in [-0.2, -0.15) is 5.10 Å². The summed E-state index contributed by atoms with van der Waals surface area (Å²) in [5.74, 6) is -0.165. The molecule has 98 valence electrons. The van der Waals surface area contributed by atoms with Crippen LogP contribution in [0.25, 0.3) is 0 Å². The molecular formula is C11H17N5O2. The molecule has 1 aliphatic heterocycles. The highest BCUT2D eigenvalue weighted by Gasteiger charge is 2.27. The van der Waals surface area contributed by atoms with Crippen LogP contribution in [0, 0.1) is 0 Å². The molecule has 2 rings (SSSR count). The van der Waals surface area contributed by atoms with E-state index in [1.165, 1.54) is 4.90 Å². The van der Waals surface area contributed by atoms with E-state index in [2.05, 4.69) is 15.7 Å². The van der Waals surface area contributed by atoms with Crippen molar-refractivity contribution in [1.82, 2.24) is 25.3 Å². The molecule has 1 aliphatic rings. The van der Waals surface area contributed by atoms with Crippen molar-refractivity contribution in [2.75, 3.05) is 19.6 Å². The molecule has 0 aromatic carbocycles. The number of hydrogen-bond acceptors (Lipinski definition) is 4. The van der Waals surface area contributed by atoms with Crippen LogP contribution in [-0.2, 0) is 11.3 Å². The third-order valence-corrected chi connectivity index (χ3v) is 2.79. The highest BCUT2D eigenvalue weighted by atomic mass is 16.2. The van der Waals surface area contributed by atoms with Gasteiger partial charge in [0.05, 0.1) is 13.1 Å². The van der Waals surface area contributed by atoms with E-state index in [1.807, 2.05) is 23.9 Å². The second kappa shape index (κ2) is 5.63. The largest absolute Gasteiger partial charge is 0.329 e. The van der Waals surface area contributed by atoms with Gasteiger partial charge >= 0.3 is 6.03 Å². The van der Waals surface area contributed by atoms with Crippen molar-refractivity contribution in [3.8, 4) is 0 Å². The molecule has 7 heteroatoms. The van der Waals surface area contributed by atoms with Gasteiger partial charge in [0.1, 0.15) is 0 Å². The van der Waals surface area contributed by atoms with Gasteiger partial charge in [-0.1, -0.05) is 0 Å². The first-order valence-corrected chi connectivity index (χ1v) is 5.96. The summed E-state index contributed by atoms with van der Waals surface area (Å²) in [6, 6.07) is 1.80. The summed E-state index contributed by atoms with van der Waals surface area (Å²) in [4.78, 5) is 23.8. The van der Waals surface area contributed by atoms with Crippen molar-refractivity contribution >= 4 is 11.9 Å². The Balaban J connectivity index is 1.69. The fourth-order valence-electron chi connectivity index (χ4n) is 1.86. The summed E-state index contributed by atoms with van der Waals surface area (Å²) >= 11 is 0. The maximum atomic E-state index is 11.3. The predicted molar refractivity (Wildman–Crippen MR) is 64.8 cm³/mol. The zero-order valence-corrected chi connectivity index (χ0v) is 10.3. The highest BCUT2D eigenvalue weighted by Crippen LogP contribution is 1.97. The number of imide groups is 1. The van der Waals surface area contributed by atoms with E-state index in [9.17, 15) is 9.59 Å². The third kappa shape index (κ3) is 3.07. The molecule has 0 saturated carbocycles. The van der Waals surface area contributed by atoms with Gasteiger partial charge in [0.15, 0.2) is 0 Å². The Bertz CT molecular complexity index is 401. The van der Waals surface area contributed by atoms with E-state index in [0.717, 1.165) is 6.54 Å². The van der Waals surface area contributed by atoms with Gasteiger partial charge in [-0.25, -0.2) is 4.79 Å². The summed E-state index contributed by atoms with van der Waals surface area (Å²) in [5, 5.41) is 9.86. The number of amides is 3. The van der Waals surface area contributed by atoms with Crippen molar-refractivity contribution in [1.29, 1.82) is 0 Å². The molecule has 18 heavy (non-hydrogen) atoms. The van der Waals surface area contributed by atoms with Crippen LogP contribution in [0.3, 0.4) is 0 Å². The molecule has 0 aliphatic carbocycles. The van der Waals surface area contributed by atoms with Crippen LogP contribution in [0.2, 0.25) is 0 Å². The number of nitrogens with zero attached hydrogens (tertiary/aromatic N) is 3. The molecule has 1 saturated heterocycles. The normalized spacial score (nSPS) is 17.1. The minimum atomic E-state index is -0.304. The molecule has 2 N–H and O–H groups in total. The molecule has 1 aromatic rings. The topological polar surface area (TPSA) is 79.3 Å². The van der Waals surface area contributed by atoms with Crippen LogP contribution in [0.1, 0.15) is 6.92 Å². The van der Waals surface area contributed by atoms with E-state index in [1.54, 1.807) is 6.20 Å². The zero-order chi connectivity index (χ0) is 13.0. The molecule has 1 unspecified atom stereocenters. The van der Waals surface area contributed by atoms with Crippen LogP contribution in [0.4, 0.5) is 4.79 Å². The second-order valence-electron chi connectivity index (χ2n) is 4.29. The van der Waals surface area contributed by atoms with Crippen LogP contribution in [0.15, 0.2) is 18.5 Å². The van der Waals surface area contributed by atoms with E-state index < -0.39 is 0 Å². The van der Waals surface area contributed by atoms with Gasteiger partial charge in [0.2, 0.25) is 5.91 Å². The standard InChI is InChI=1S/C11H17N5O2/c1-9(8-15-5-2-3-14-15)12-4-6-16-10(17)7-13-11(16)18/h2-3,5,9,12H,4,6-8H2,1H3,(H,13,18). The van der Waals surface area contributed by atoms with Crippen molar-refractivity contribution in [2.45, 2.75) is 19.5 Å². The van der Waals surface area contributed by atoms with Crippen molar-refractivity contribution in [3.05, 3.63) is 18.5 Å². The van der Waals surface area contributed by atoms with Crippen LogP contribution >= 0.6 is 0 Å². The summed E-state index contributed by atoms with van der Waals surface area (Å²) in [5.41, 5.74) is 0. The average molecular weight is 251 g/mol. The van der Waals surface area contributed by atoms with E-state index in [4.69, 9.17) is 0 Å². The maximum Gasteiger partial charge on any atom is 0.324 e. The fraction of sp³-hybridized carbons (Fsp3) is 0.545. The molecule has 0 radical (unpaired) electrons. The summed E-state index contributed by atoms with van der Waals surface area (Å²) < 4.78 is 1.84. The first kappa shape index (κ1) is 12.6. The van der Waals surface area contributed by atoms with Crippen LogP contribution in [0.5, 0.6) is 0 Å². The predicted octanol–water partition coefficient (Wildman–Crippen LogP) is -0.587. The van der Waals surface area contributed by atoms with E-state index in [0.29, 0.717) is 13.1 Å². The maximum absolute atomic E-state index is 11.3. The Morgan fingerprint density at radius 1 is 1.56 bits per heavy atom. The first-order chi connectivity index (χ1) is 8.66. The van der Waals surface area contributed by atoms with Crippen LogP contribution < -0.4 is 10.6 Å². The SMILES string of the molecule is CC(Cn1cccn1)NCCN1C(=O)CNC1=O. The number of nitrogens with one attached hydrogen (secondary N) is 2. The van der Waals surface area contributed by atoms with E-state index >= 15 is 0 Å². The lowest BCUT2D eigenvalue weighted by Crippen LogP contribution is -2.40. The third-order valence-electron chi connectivity index (χ3n) is 2.79. The molecule has 2 heterocycles. The minimum absolute atomic E-state index is 0.113. The Morgan fingerprint density at radius 3 is 3.00 bits per heavy atom. The zero-order valence-electron chi connectivity index (χ0n) is 10.3. The number of aromatic nitrogens is 2. The van der Waals surface area contributed by atoms with Crippen LogP contribution in [-0.4, -0.2) is 52.3 Å². The molecule has 7 nitrogen and oxygen atoms in total. The summed E-state index contributed by atoms with van der Waals surface area (Å²) in [7, 11) is 0. The van der Waals surface area contributed by atoms with Crippen molar-refractivity contribution < 1.29 is 9.59 Å². The lowest BCUT2D eigenvalue weighted by atomic mass is 10.3. The Hall–Kier alpha value is -1.89. The average Bonchev–Trinajstić information content (AvgIpc) is 2.93. The quantitative estimate of drug-likeness (QED) is 0.663. The van der Waals surface area contributed by atoms with Gasteiger partial charge in [-0.05, 0) is 13.0 Å². The molecular weight excluding hydrogens is 234 g/mol. The molecule has 1 aromatic heterocycles. The number of urea groups is 1. The Kier molecular flexibility index (Phi) is 3.93. The smallest absolute Gasteiger partial charge is 0.324 e. The van der Waals surface area contributed by atoms with Gasteiger partial charge in [-0.15, -0.1) is 0 Å². The van der Waals surface area contributed by atoms with Gasteiger partial charge < -0.3 is 10.6 Å². The lowest BCUT2D eigenvalue weighted by molar-refractivity contribution is -0.124. The second-order valence-corrected chi connectivity index (χ2v) is 4.29. The van der Waals surface area contributed by atoms with Gasteiger partial charge in [0, 0.05) is 31.5 Å². The number of carbonyl (C=O) groups is 2. The number of hydrogen-bond donors (Lipinski definition) is 2. The molecule has 3 amide bonds. The molecule has 0 bridgehead atoms.